The number of pyridine rings is 1. The Balaban J connectivity index is 1.25. The number of nitrogens with zero attached hydrogens (tertiary/aromatic N) is 6. The van der Waals surface area contributed by atoms with Gasteiger partial charge in [0.15, 0.2) is 11.5 Å². The maximum Gasteiger partial charge on any atom is 0.269 e. The summed E-state index contributed by atoms with van der Waals surface area (Å²) in [4.78, 5) is 52.3. The molecule has 14 heteroatoms. The van der Waals surface area contributed by atoms with Crippen molar-refractivity contribution in [2.24, 2.45) is 5.73 Å². The minimum Gasteiger partial charge on any atom is -0.364 e. The van der Waals surface area contributed by atoms with Crippen molar-refractivity contribution < 1.29 is 23.2 Å². The van der Waals surface area contributed by atoms with Crippen molar-refractivity contribution in [3.05, 3.63) is 90.0 Å². The molecule has 222 valence electrons. The highest BCUT2D eigenvalue weighted by Crippen LogP contribution is 2.33. The predicted octanol–water partition coefficient (Wildman–Crippen LogP) is 4.02. The lowest BCUT2D eigenvalue weighted by Gasteiger charge is -2.24. The third kappa shape index (κ3) is 5.44. The number of halogens is 3. The molecule has 2 unspecified atom stereocenters. The molecule has 4 heterocycles. The van der Waals surface area contributed by atoms with Crippen molar-refractivity contribution in [3.8, 4) is 22.4 Å². The van der Waals surface area contributed by atoms with Gasteiger partial charge in [0.25, 0.3) is 5.91 Å². The molecular weight excluding hydrogens is 594 g/mol. The number of nitrogens with one attached hydrogen (secondary N) is 1. The first-order valence-electron chi connectivity index (χ1n) is 13.4. The fourth-order valence-corrected chi connectivity index (χ4v) is 5.46. The van der Waals surface area contributed by atoms with Gasteiger partial charge in [-0.1, -0.05) is 41.9 Å². The number of carbonyl (C=O) groups excluding carboxylic acids is 3. The summed E-state index contributed by atoms with van der Waals surface area (Å²) in [6.45, 7) is -0.788. The molecule has 0 aliphatic carbocycles. The van der Waals surface area contributed by atoms with Gasteiger partial charge in [0.05, 0.1) is 29.6 Å². The van der Waals surface area contributed by atoms with Crippen LogP contribution in [-0.4, -0.2) is 66.1 Å². The van der Waals surface area contributed by atoms with Gasteiger partial charge < -0.3 is 16.0 Å². The van der Waals surface area contributed by atoms with Gasteiger partial charge >= 0.3 is 0 Å². The lowest BCUT2D eigenvalue weighted by Crippen LogP contribution is -2.44. The highest BCUT2D eigenvalue weighted by molar-refractivity contribution is 6.33. The van der Waals surface area contributed by atoms with Crippen LogP contribution in [0.3, 0.4) is 0 Å². The number of aromatic nitrogens is 5. The fourth-order valence-electron chi connectivity index (χ4n) is 5.22. The molecule has 11 nitrogen and oxygen atoms in total. The maximum absolute atomic E-state index is 15.5. The van der Waals surface area contributed by atoms with Crippen LogP contribution in [0.2, 0.25) is 5.02 Å². The zero-order valence-electron chi connectivity index (χ0n) is 22.8. The molecule has 2 atom stereocenters. The summed E-state index contributed by atoms with van der Waals surface area (Å²) in [6.07, 6.45) is 4.11. The van der Waals surface area contributed by atoms with E-state index in [-0.39, 0.29) is 29.9 Å². The van der Waals surface area contributed by atoms with Crippen LogP contribution in [0, 0.1) is 5.82 Å². The second-order valence-electron chi connectivity index (χ2n) is 10.1. The first-order valence-corrected chi connectivity index (χ1v) is 13.8. The lowest BCUT2D eigenvalue weighted by atomic mass is 10.0. The summed E-state index contributed by atoms with van der Waals surface area (Å²) in [7, 11) is 0. The molecule has 1 saturated heterocycles. The van der Waals surface area contributed by atoms with Gasteiger partial charge in [-0.15, -0.1) is 0 Å². The summed E-state index contributed by atoms with van der Waals surface area (Å²) < 4.78 is 31.3. The average Bonchev–Trinajstić information content (AvgIpc) is 3.59. The number of hydrogen-bond donors (Lipinski definition) is 2. The Bertz CT molecular complexity index is 1920. The maximum atomic E-state index is 15.5. The van der Waals surface area contributed by atoms with E-state index in [1.54, 1.807) is 48.8 Å². The van der Waals surface area contributed by atoms with Crippen molar-refractivity contribution in [2.45, 2.75) is 25.2 Å². The lowest BCUT2D eigenvalue weighted by molar-refractivity contribution is -0.137. The molecule has 0 radical (unpaired) electrons. The summed E-state index contributed by atoms with van der Waals surface area (Å²) in [5.74, 6) is -2.95. The Labute approximate surface area is 253 Å². The quantitative estimate of drug-likeness (QED) is 0.280. The minimum atomic E-state index is -1.48. The van der Waals surface area contributed by atoms with E-state index in [2.05, 4.69) is 25.4 Å². The molecule has 2 aromatic carbocycles. The Kier molecular flexibility index (Phi) is 7.70. The minimum absolute atomic E-state index is 0.0961. The number of likely N-dealkylation sites (tertiary alicyclic amines) is 1. The number of amides is 3. The normalized spacial score (nSPS) is 16.3. The molecule has 5 aromatic rings. The summed E-state index contributed by atoms with van der Waals surface area (Å²) in [6, 6.07) is 11.5. The van der Waals surface area contributed by atoms with E-state index in [4.69, 9.17) is 17.3 Å². The zero-order valence-corrected chi connectivity index (χ0v) is 23.6. The second kappa shape index (κ2) is 11.8. The van der Waals surface area contributed by atoms with Crippen LogP contribution in [-0.2, 0) is 16.1 Å². The van der Waals surface area contributed by atoms with Gasteiger partial charge in [0.2, 0.25) is 11.8 Å². The van der Waals surface area contributed by atoms with Crippen molar-refractivity contribution >= 4 is 45.9 Å². The number of rotatable bonds is 7. The van der Waals surface area contributed by atoms with Crippen LogP contribution in [0.5, 0.6) is 0 Å². The zero-order chi connectivity index (χ0) is 31.0. The van der Waals surface area contributed by atoms with Crippen molar-refractivity contribution in [1.29, 1.82) is 0 Å². The monoisotopic (exact) mass is 616 g/mol. The molecule has 3 aromatic heterocycles. The van der Waals surface area contributed by atoms with E-state index in [1.165, 1.54) is 29.3 Å². The molecule has 3 amide bonds. The van der Waals surface area contributed by atoms with E-state index in [1.807, 2.05) is 0 Å². The van der Waals surface area contributed by atoms with E-state index < -0.39 is 42.3 Å². The third-order valence-electron chi connectivity index (χ3n) is 7.31. The number of benzene rings is 2. The van der Waals surface area contributed by atoms with Gasteiger partial charge in [0, 0.05) is 45.9 Å². The topological polar surface area (TPSA) is 149 Å². The molecule has 44 heavy (non-hydrogen) atoms. The highest BCUT2D eigenvalue weighted by Gasteiger charge is 2.40. The van der Waals surface area contributed by atoms with Crippen LogP contribution >= 0.6 is 11.6 Å². The number of anilines is 1. The first kappa shape index (κ1) is 28.8. The van der Waals surface area contributed by atoms with Crippen LogP contribution < -0.4 is 11.1 Å². The van der Waals surface area contributed by atoms with Gasteiger partial charge in [-0.3, -0.25) is 24.0 Å². The van der Waals surface area contributed by atoms with Crippen LogP contribution in [0.1, 0.15) is 16.9 Å². The Morgan fingerprint density at radius 3 is 2.55 bits per heavy atom. The molecule has 1 fully saturated rings. The molecular formula is C30H23ClF2N8O3. The van der Waals surface area contributed by atoms with Crippen LogP contribution in [0.25, 0.3) is 33.3 Å². The number of alkyl halides is 1. The van der Waals surface area contributed by atoms with E-state index in [0.717, 1.165) is 4.90 Å². The predicted molar refractivity (Wildman–Crippen MR) is 158 cm³/mol. The SMILES string of the molecule is NC(=O)c1nn(CC(=O)N2CC(F)CC2C(=O)Nc2cccc(-c3ccccc3Cl)c2F)c2cnc(-c3cncnc3)cc12. The summed E-state index contributed by atoms with van der Waals surface area (Å²) >= 11 is 6.24. The number of fused-ring (bicyclic) bond motifs is 1. The molecule has 3 N–H and O–H groups in total. The Morgan fingerprint density at radius 1 is 1.05 bits per heavy atom. The third-order valence-corrected chi connectivity index (χ3v) is 7.63. The molecule has 0 spiro atoms. The van der Waals surface area contributed by atoms with Crippen molar-refractivity contribution in [1.82, 2.24) is 29.6 Å². The van der Waals surface area contributed by atoms with Gasteiger partial charge in [0.1, 0.15) is 25.1 Å². The van der Waals surface area contributed by atoms with E-state index in [0.29, 0.717) is 32.7 Å². The van der Waals surface area contributed by atoms with Gasteiger partial charge in [-0.2, -0.15) is 5.10 Å². The largest absolute Gasteiger partial charge is 0.364 e. The van der Waals surface area contributed by atoms with E-state index in [9.17, 15) is 18.8 Å². The Hall–Kier alpha value is -5.30. The molecule has 0 saturated carbocycles. The number of primary amides is 1. The smallest absolute Gasteiger partial charge is 0.269 e. The summed E-state index contributed by atoms with van der Waals surface area (Å²) in [5.41, 5.74) is 7.29. The van der Waals surface area contributed by atoms with Crippen molar-refractivity contribution in [3.63, 3.8) is 0 Å². The van der Waals surface area contributed by atoms with Crippen LogP contribution in [0.4, 0.5) is 14.5 Å². The number of hydrogen-bond acceptors (Lipinski definition) is 7. The van der Waals surface area contributed by atoms with Crippen LogP contribution in [0.15, 0.2) is 73.4 Å². The molecule has 1 aliphatic rings. The molecule has 0 bridgehead atoms. The number of carbonyl (C=O) groups is 3. The van der Waals surface area contributed by atoms with Gasteiger partial charge in [-0.25, -0.2) is 18.7 Å². The molecule has 6 rings (SSSR count). The van der Waals surface area contributed by atoms with E-state index >= 15 is 4.39 Å². The Morgan fingerprint density at radius 2 is 1.80 bits per heavy atom. The average molecular weight is 617 g/mol. The standard InChI is InChI=1S/C30H23ClF2N8O3/c31-21-6-2-1-4-18(21)19-5-3-7-22(27(19)33)38-30(44)24-8-17(32)13-40(24)26(42)14-41-25-12-37-23(16-10-35-15-36-11-16)9-20(25)28(39-41)29(34)43/h1-7,9-12,15,17,24H,8,13-14H2,(H2,34,43)(H,38,44). The fraction of sp³-hybridized carbons (Fsp3) is 0.167. The number of nitrogens with two attached hydrogens (primary N) is 1. The molecule has 1 aliphatic heterocycles. The first-order chi connectivity index (χ1) is 21.2. The highest BCUT2D eigenvalue weighted by atomic mass is 35.5. The second-order valence-corrected chi connectivity index (χ2v) is 10.5. The summed E-state index contributed by atoms with van der Waals surface area (Å²) in [5, 5.41) is 7.39. The van der Waals surface area contributed by atoms with Crippen molar-refractivity contribution in [2.75, 3.05) is 11.9 Å². The van der Waals surface area contributed by atoms with Gasteiger partial charge in [-0.05, 0) is 18.2 Å².